The lowest BCUT2D eigenvalue weighted by atomic mass is 10.3. The summed E-state index contributed by atoms with van der Waals surface area (Å²) < 4.78 is 7.50. The highest BCUT2D eigenvalue weighted by Crippen LogP contribution is 2.27. The molecule has 0 N–H and O–H groups in total. The van der Waals surface area contributed by atoms with Gasteiger partial charge in [0.15, 0.2) is 0 Å². The van der Waals surface area contributed by atoms with E-state index in [9.17, 15) is 0 Å². The standard InChI is InChI=1S/C8H12N2O/c1-5-4-10-8(11-5)6(2)7(3)9-10/h5H,4H2,1-3H3. The molecule has 3 heteroatoms. The van der Waals surface area contributed by atoms with E-state index in [1.54, 1.807) is 0 Å². The van der Waals surface area contributed by atoms with Gasteiger partial charge in [0.1, 0.15) is 6.10 Å². The molecule has 0 radical (unpaired) electrons. The van der Waals surface area contributed by atoms with E-state index in [-0.39, 0.29) is 6.10 Å². The Balaban J connectivity index is 2.48. The van der Waals surface area contributed by atoms with E-state index in [1.165, 1.54) is 5.56 Å². The Labute approximate surface area is 66.0 Å². The summed E-state index contributed by atoms with van der Waals surface area (Å²) in [7, 11) is 0. The molecule has 1 aliphatic heterocycles. The van der Waals surface area contributed by atoms with Crippen LogP contribution in [0.4, 0.5) is 0 Å². The highest BCUT2D eigenvalue weighted by Gasteiger charge is 2.23. The van der Waals surface area contributed by atoms with Gasteiger partial charge in [-0.2, -0.15) is 5.10 Å². The third-order valence-corrected chi connectivity index (χ3v) is 2.11. The molecule has 1 aromatic rings. The molecule has 60 valence electrons. The minimum Gasteiger partial charge on any atom is -0.473 e. The van der Waals surface area contributed by atoms with Gasteiger partial charge in [-0.05, 0) is 20.8 Å². The summed E-state index contributed by atoms with van der Waals surface area (Å²) >= 11 is 0. The fraction of sp³-hybridized carbons (Fsp3) is 0.625. The number of ether oxygens (including phenoxy) is 1. The third-order valence-electron chi connectivity index (χ3n) is 2.11. The molecule has 3 nitrogen and oxygen atoms in total. The fourth-order valence-electron chi connectivity index (χ4n) is 1.39. The maximum atomic E-state index is 5.56. The molecule has 0 aliphatic carbocycles. The van der Waals surface area contributed by atoms with E-state index in [2.05, 4.69) is 12.0 Å². The maximum Gasteiger partial charge on any atom is 0.215 e. The van der Waals surface area contributed by atoms with Gasteiger partial charge in [0, 0.05) is 5.56 Å². The number of fused-ring (bicyclic) bond motifs is 1. The van der Waals surface area contributed by atoms with Gasteiger partial charge in [-0.15, -0.1) is 0 Å². The largest absolute Gasteiger partial charge is 0.473 e. The molecule has 0 saturated carbocycles. The van der Waals surface area contributed by atoms with Crippen molar-refractivity contribution in [2.24, 2.45) is 0 Å². The van der Waals surface area contributed by atoms with Crippen molar-refractivity contribution in [2.45, 2.75) is 33.4 Å². The molecule has 0 saturated heterocycles. The Morgan fingerprint density at radius 2 is 2.27 bits per heavy atom. The fourth-order valence-corrected chi connectivity index (χ4v) is 1.39. The van der Waals surface area contributed by atoms with Crippen LogP contribution in [0.5, 0.6) is 5.88 Å². The van der Waals surface area contributed by atoms with Crippen molar-refractivity contribution in [2.75, 3.05) is 0 Å². The molecule has 1 unspecified atom stereocenters. The Morgan fingerprint density at radius 1 is 1.55 bits per heavy atom. The van der Waals surface area contributed by atoms with Gasteiger partial charge in [0.2, 0.25) is 5.88 Å². The van der Waals surface area contributed by atoms with Crippen LogP contribution in [0, 0.1) is 13.8 Å². The molecular formula is C8H12N2O. The predicted molar refractivity (Wildman–Crippen MR) is 41.8 cm³/mol. The Morgan fingerprint density at radius 3 is 2.91 bits per heavy atom. The first-order valence-corrected chi connectivity index (χ1v) is 3.89. The second-order valence-electron chi connectivity index (χ2n) is 3.13. The highest BCUT2D eigenvalue weighted by atomic mass is 16.5. The number of rotatable bonds is 0. The van der Waals surface area contributed by atoms with Crippen LogP contribution in [0.25, 0.3) is 0 Å². The van der Waals surface area contributed by atoms with Gasteiger partial charge < -0.3 is 4.74 Å². The van der Waals surface area contributed by atoms with Gasteiger partial charge in [-0.1, -0.05) is 0 Å². The van der Waals surface area contributed by atoms with Gasteiger partial charge in [-0.3, -0.25) is 0 Å². The quantitative estimate of drug-likeness (QED) is 0.560. The summed E-state index contributed by atoms with van der Waals surface area (Å²) in [6.07, 6.45) is 0.289. The number of aromatic nitrogens is 2. The van der Waals surface area contributed by atoms with Crippen LogP contribution < -0.4 is 4.74 Å². The molecular weight excluding hydrogens is 140 g/mol. The number of hydrogen-bond acceptors (Lipinski definition) is 2. The van der Waals surface area contributed by atoms with Gasteiger partial charge in [0.05, 0.1) is 12.2 Å². The van der Waals surface area contributed by atoms with Crippen LogP contribution in [-0.2, 0) is 6.54 Å². The SMILES string of the molecule is Cc1nn2c(c1C)OC(C)C2. The summed E-state index contributed by atoms with van der Waals surface area (Å²) in [5.41, 5.74) is 2.25. The number of hydrogen-bond donors (Lipinski definition) is 0. The molecule has 1 atom stereocenters. The van der Waals surface area contributed by atoms with E-state index in [4.69, 9.17) is 4.74 Å². The van der Waals surface area contributed by atoms with E-state index in [0.29, 0.717) is 0 Å². The molecule has 0 bridgehead atoms. The van der Waals surface area contributed by atoms with Crippen molar-refractivity contribution in [1.29, 1.82) is 0 Å². The Bertz CT molecular complexity index is 291. The summed E-state index contributed by atoms with van der Waals surface area (Å²) in [6, 6.07) is 0. The zero-order valence-corrected chi connectivity index (χ0v) is 7.09. The van der Waals surface area contributed by atoms with Crippen molar-refractivity contribution >= 4 is 0 Å². The molecule has 0 amide bonds. The molecule has 11 heavy (non-hydrogen) atoms. The Kier molecular flexibility index (Phi) is 1.22. The summed E-state index contributed by atoms with van der Waals surface area (Å²) in [6.45, 7) is 7.01. The number of nitrogens with zero attached hydrogens (tertiary/aromatic N) is 2. The first kappa shape index (κ1) is 6.70. The maximum absolute atomic E-state index is 5.56. The summed E-state index contributed by atoms with van der Waals surface area (Å²) in [4.78, 5) is 0. The summed E-state index contributed by atoms with van der Waals surface area (Å²) in [5.74, 6) is 0.954. The molecule has 0 spiro atoms. The smallest absolute Gasteiger partial charge is 0.215 e. The van der Waals surface area contributed by atoms with E-state index in [1.807, 2.05) is 18.5 Å². The summed E-state index contributed by atoms with van der Waals surface area (Å²) in [5, 5.41) is 4.33. The first-order valence-electron chi connectivity index (χ1n) is 3.89. The average Bonchev–Trinajstić information content (AvgIpc) is 2.37. The van der Waals surface area contributed by atoms with Gasteiger partial charge in [0.25, 0.3) is 0 Å². The second kappa shape index (κ2) is 2.00. The van der Waals surface area contributed by atoms with Crippen LogP contribution in [0.2, 0.25) is 0 Å². The van der Waals surface area contributed by atoms with Crippen LogP contribution in [0.1, 0.15) is 18.2 Å². The lowest BCUT2D eigenvalue weighted by Gasteiger charge is -2.00. The Hall–Kier alpha value is -0.990. The molecule has 0 fully saturated rings. The topological polar surface area (TPSA) is 27.1 Å². The monoisotopic (exact) mass is 152 g/mol. The van der Waals surface area contributed by atoms with Crippen LogP contribution in [0.3, 0.4) is 0 Å². The molecule has 0 aromatic carbocycles. The second-order valence-corrected chi connectivity index (χ2v) is 3.13. The lowest BCUT2D eigenvalue weighted by Crippen LogP contribution is -2.09. The van der Waals surface area contributed by atoms with E-state index >= 15 is 0 Å². The molecule has 1 aliphatic rings. The predicted octanol–water partition coefficient (Wildman–Crippen LogP) is 1.28. The lowest BCUT2D eigenvalue weighted by molar-refractivity contribution is 0.251. The zero-order valence-electron chi connectivity index (χ0n) is 7.09. The first-order chi connectivity index (χ1) is 5.18. The number of aryl methyl sites for hydroxylation is 1. The van der Waals surface area contributed by atoms with Crippen molar-refractivity contribution < 1.29 is 4.74 Å². The molecule has 2 heterocycles. The van der Waals surface area contributed by atoms with Crippen molar-refractivity contribution in [1.82, 2.24) is 9.78 Å². The highest BCUT2D eigenvalue weighted by molar-refractivity contribution is 5.30. The minimum absolute atomic E-state index is 0.289. The van der Waals surface area contributed by atoms with E-state index < -0.39 is 0 Å². The molecule has 2 rings (SSSR count). The van der Waals surface area contributed by atoms with Crippen molar-refractivity contribution in [3.05, 3.63) is 11.3 Å². The van der Waals surface area contributed by atoms with Crippen molar-refractivity contribution in [3.8, 4) is 5.88 Å². The van der Waals surface area contributed by atoms with E-state index in [0.717, 1.165) is 18.1 Å². The van der Waals surface area contributed by atoms with Crippen LogP contribution in [0.15, 0.2) is 0 Å². The van der Waals surface area contributed by atoms with Gasteiger partial charge >= 0.3 is 0 Å². The normalized spacial score (nSPS) is 21.5. The van der Waals surface area contributed by atoms with Crippen LogP contribution >= 0.6 is 0 Å². The zero-order chi connectivity index (χ0) is 8.01. The van der Waals surface area contributed by atoms with Crippen molar-refractivity contribution in [3.63, 3.8) is 0 Å². The minimum atomic E-state index is 0.289. The molecule has 1 aromatic heterocycles. The third kappa shape index (κ3) is 0.836. The average molecular weight is 152 g/mol. The van der Waals surface area contributed by atoms with Gasteiger partial charge in [-0.25, -0.2) is 4.68 Å². The van der Waals surface area contributed by atoms with Crippen LogP contribution in [-0.4, -0.2) is 15.9 Å².